The highest BCUT2D eigenvalue weighted by Crippen LogP contribution is 2.28. The normalized spacial score (nSPS) is 13.3. The molecule has 0 saturated carbocycles. The van der Waals surface area contributed by atoms with Crippen molar-refractivity contribution in [1.29, 1.82) is 0 Å². The molecule has 154 valence electrons. The quantitative estimate of drug-likeness (QED) is 0.488. The smallest absolute Gasteiger partial charge is 0.336 e. The maximum Gasteiger partial charge on any atom is 0.349 e. The fourth-order valence-corrected chi connectivity index (χ4v) is 4.34. The van der Waals surface area contributed by atoms with Gasteiger partial charge in [-0.25, -0.2) is 4.79 Å². The predicted octanol–water partition coefficient (Wildman–Crippen LogP) is 4.30. The highest BCUT2D eigenvalue weighted by atomic mass is 35.5. The number of halogens is 1. The van der Waals surface area contributed by atoms with Crippen molar-refractivity contribution in [3.05, 3.63) is 99.4 Å². The molecule has 5 nitrogen and oxygen atoms in total. The van der Waals surface area contributed by atoms with Gasteiger partial charge in [0.05, 0.1) is 11.2 Å². The third-order valence-electron chi connectivity index (χ3n) is 5.77. The molecule has 0 N–H and O–H groups in total. The van der Waals surface area contributed by atoms with Crippen molar-refractivity contribution in [3.8, 4) is 11.3 Å². The van der Waals surface area contributed by atoms with Crippen LogP contribution >= 0.6 is 11.6 Å². The first-order valence-electron chi connectivity index (χ1n) is 10.2. The number of rotatable bonds is 3. The minimum absolute atomic E-state index is 0.0544. The standard InChI is InChI=1S/C25H20ClN3O2/c26-20-10-11-22-21(14-20)24(18-7-2-1-3-8-18)27-25(31)29(22)16-23(30)28-13-12-17-6-4-5-9-19(17)15-28/h1-11,14H,12-13,15-16H2. The van der Waals surface area contributed by atoms with Gasteiger partial charge in [0.15, 0.2) is 0 Å². The number of carbonyl (C=O) groups excluding carboxylic acids is 1. The summed E-state index contributed by atoms with van der Waals surface area (Å²) in [5.74, 6) is -0.0953. The van der Waals surface area contributed by atoms with Crippen molar-refractivity contribution in [2.24, 2.45) is 0 Å². The van der Waals surface area contributed by atoms with E-state index in [1.165, 1.54) is 10.1 Å². The molecule has 6 heteroatoms. The van der Waals surface area contributed by atoms with E-state index < -0.39 is 5.69 Å². The first kappa shape index (κ1) is 19.5. The fraction of sp³-hybridized carbons (Fsp3) is 0.160. The summed E-state index contributed by atoms with van der Waals surface area (Å²) in [6.45, 7) is 1.15. The first-order valence-corrected chi connectivity index (χ1v) is 10.6. The van der Waals surface area contributed by atoms with E-state index in [-0.39, 0.29) is 12.5 Å². The molecule has 0 fully saturated rings. The number of carbonyl (C=O) groups is 1. The molecule has 0 unspecified atom stereocenters. The number of nitrogens with zero attached hydrogens (tertiary/aromatic N) is 3. The van der Waals surface area contributed by atoms with E-state index in [2.05, 4.69) is 17.1 Å². The lowest BCUT2D eigenvalue weighted by molar-refractivity contribution is -0.132. The zero-order valence-corrected chi connectivity index (χ0v) is 17.5. The third-order valence-corrected chi connectivity index (χ3v) is 6.00. The highest BCUT2D eigenvalue weighted by molar-refractivity contribution is 6.31. The summed E-state index contributed by atoms with van der Waals surface area (Å²) in [6.07, 6.45) is 0.818. The van der Waals surface area contributed by atoms with Crippen molar-refractivity contribution in [3.63, 3.8) is 0 Å². The molecular weight excluding hydrogens is 410 g/mol. The van der Waals surface area contributed by atoms with E-state index in [0.29, 0.717) is 29.3 Å². The van der Waals surface area contributed by atoms with Crippen LogP contribution < -0.4 is 5.69 Å². The maximum atomic E-state index is 13.1. The third kappa shape index (κ3) is 3.73. The number of fused-ring (bicyclic) bond motifs is 2. The molecule has 31 heavy (non-hydrogen) atoms. The zero-order chi connectivity index (χ0) is 21.4. The zero-order valence-electron chi connectivity index (χ0n) is 16.8. The molecule has 1 amide bonds. The lowest BCUT2D eigenvalue weighted by Crippen LogP contribution is -2.40. The molecule has 5 rings (SSSR count). The highest BCUT2D eigenvalue weighted by Gasteiger charge is 2.22. The number of amides is 1. The summed E-state index contributed by atoms with van der Waals surface area (Å²) in [7, 11) is 0. The molecule has 2 heterocycles. The Morgan fingerprint density at radius 2 is 1.71 bits per heavy atom. The summed E-state index contributed by atoms with van der Waals surface area (Å²) < 4.78 is 1.45. The molecule has 0 saturated heterocycles. The molecule has 0 radical (unpaired) electrons. The van der Waals surface area contributed by atoms with Gasteiger partial charge in [-0.15, -0.1) is 0 Å². The Kier molecular flexibility index (Phi) is 5.04. The van der Waals surface area contributed by atoms with E-state index in [4.69, 9.17) is 11.6 Å². The van der Waals surface area contributed by atoms with Crippen LogP contribution in [0, 0.1) is 0 Å². The Morgan fingerprint density at radius 3 is 2.52 bits per heavy atom. The van der Waals surface area contributed by atoms with Gasteiger partial charge in [0.25, 0.3) is 0 Å². The van der Waals surface area contributed by atoms with Gasteiger partial charge < -0.3 is 4.90 Å². The molecule has 3 aromatic carbocycles. The second kappa shape index (κ2) is 8.00. The summed E-state index contributed by atoms with van der Waals surface area (Å²) in [5.41, 5.74) is 4.03. The van der Waals surface area contributed by atoms with Crippen molar-refractivity contribution < 1.29 is 4.79 Å². The molecule has 1 aromatic heterocycles. The van der Waals surface area contributed by atoms with Crippen LogP contribution in [0.2, 0.25) is 5.02 Å². The van der Waals surface area contributed by atoms with E-state index >= 15 is 0 Å². The molecule has 4 aromatic rings. The Hall–Kier alpha value is -3.44. The molecule has 0 aliphatic carbocycles. The first-order chi connectivity index (χ1) is 15.1. The van der Waals surface area contributed by atoms with Crippen LogP contribution in [0.25, 0.3) is 22.2 Å². The number of aromatic nitrogens is 2. The Morgan fingerprint density at radius 1 is 0.968 bits per heavy atom. The molecule has 0 atom stereocenters. The molecule has 0 bridgehead atoms. The molecule has 0 spiro atoms. The predicted molar refractivity (Wildman–Crippen MR) is 122 cm³/mol. The maximum absolute atomic E-state index is 13.1. The molecular formula is C25H20ClN3O2. The lowest BCUT2D eigenvalue weighted by Gasteiger charge is -2.29. The van der Waals surface area contributed by atoms with Crippen LogP contribution in [-0.2, 0) is 24.3 Å². The van der Waals surface area contributed by atoms with Gasteiger partial charge in [-0.1, -0.05) is 66.2 Å². The summed E-state index contributed by atoms with van der Waals surface area (Å²) in [4.78, 5) is 32.2. The Balaban J connectivity index is 1.53. The number of hydrogen-bond acceptors (Lipinski definition) is 3. The monoisotopic (exact) mass is 429 g/mol. The van der Waals surface area contributed by atoms with Crippen LogP contribution in [0.15, 0.2) is 77.6 Å². The van der Waals surface area contributed by atoms with Gasteiger partial charge in [0, 0.05) is 29.1 Å². The number of hydrogen-bond donors (Lipinski definition) is 0. The molecule has 1 aliphatic heterocycles. The lowest BCUT2D eigenvalue weighted by atomic mass is 10.00. The Bertz CT molecular complexity index is 1350. The molecule has 1 aliphatic rings. The summed E-state index contributed by atoms with van der Waals surface area (Å²) in [6, 6.07) is 23.0. The van der Waals surface area contributed by atoms with Gasteiger partial charge >= 0.3 is 5.69 Å². The topological polar surface area (TPSA) is 55.2 Å². The second-order valence-corrected chi connectivity index (χ2v) is 8.13. The van der Waals surface area contributed by atoms with Gasteiger partial charge in [-0.3, -0.25) is 9.36 Å². The van der Waals surface area contributed by atoms with E-state index in [9.17, 15) is 9.59 Å². The van der Waals surface area contributed by atoms with Crippen molar-refractivity contribution >= 4 is 28.4 Å². The van der Waals surface area contributed by atoms with Crippen molar-refractivity contribution in [1.82, 2.24) is 14.5 Å². The average Bonchev–Trinajstić information content (AvgIpc) is 2.80. The van der Waals surface area contributed by atoms with E-state index in [1.807, 2.05) is 47.4 Å². The number of benzene rings is 3. The van der Waals surface area contributed by atoms with E-state index in [1.54, 1.807) is 18.2 Å². The van der Waals surface area contributed by atoms with Crippen LogP contribution in [-0.4, -0.2) is 26.9 Å². The summed E-state index contributed by atoms with van der Waals surface area (Å²) in [5, 5.41) is 1.30. The SMILES string of the molecule is O=C(Cn1c(=O)nc(-c2ccccc2)c2cc(Cl)ccc21)N1CCc2ccccc2C1. The van der Waals surface area contributed by atoms with Gasteiger partial charge in [-0.2, -0.15) is 4.98 Å². The Labute approximate surface area is 184 Å². The van der Waals surface area contributed by atoms with Gasteiger partial charge in [0.2, 0.25) is 5.91 Å². The van der Waals surface area contributed by atoms with Crippen molar-refractivity contribution in [2.45, 2.75) is 19.5 Å². The van der Waals surface area contributed by atoms with Crippen molar-refractivity contribution in [2.75, 3.05) is 6.54 Å². The summed E-state index contributed by atoms with van der Waals surface area (Å²) >= 11 is 6.26. The van der Waals surface area contributed by atoms with Crippen LogP contribution in [0.1, 0.15) is 11.1 Å². The average molecular weight is 430 g/mol. The van der Waals surface area contributed by atoms with Crippen LogP contribution in [0.5, 0.6) is 0 Å². The largest absolute Gasteiger partial charge is 0.349 e. The van der Waals surface area contributed by atoms with Crippen LogP contribution in [0.4, 0.5) is 0 Å². The second-order valence-electron chi connectivity index (χ2n) is 7.69. The van der Waals surface area contributed by atoms with Crippen LogP contribution in [0.3, 0.4) is 0 Å². The van der Waals surface area contributed by atoms with Gasteiger partial charge in [0.1, 0.15) is 6.54 Å². The fourth-order valence-electron chi connectivity index (χ4n) is 4.17. The minimum atomic E-state index is -0.445. The van der Waals surface area contributed by atoms with Gasteiger partial charge in [-0.05, 0) is 35.7 Å². The minimum Gasteiger partial charge on any atom is -0.336 e. The van der Waals surface area contributed by atoms with E-state index in [0.717, 1.165) is 22.9 Å².